The second-order valence-electron chi connectivity index (χ2n) is 9.22. The third kappa shape index (κ3) is 4.62. The Kier molecular flexibility index (Phi) is 5.61. The Morgan fingerprint density at radius 1 is 0.966 bits per heavy atom. The van der Waals surface area contributed by atoms with Gasteiger partial charge in [-0.3, -0.25) is 9.59 Å². The molecule has 4 fully saturated rings. The number of hydrogen-bond acceptors (Lipinski definition) is 4. The van der Waals surface area contributed by atoms with Crippen LogP contribution < -0.4 is 10.6 Å². The zero-order valence-corrected chi connectivity index (χ0v) is 17.0. The number of carbonyl (C=O) groups excluding carboxylic acids is 3. The van der Waals surface area contributed by atoms with Crippen LogP contribution >= 0.6 is 0 Å². The van der Waals surface area contributed by atoms with E-state index in [0.29, 0.717) is 24.3 Å². The summed E-state index contributed by atoms with van der Waals surface area (Å²) in [6, 6.07) is 6.53. The number of amides is 2. The molecule has 1 aromatic carbocycles. The summed E-state index contributed by atoms with van der Waals surface area (Å²) in [5.41, 5.74) is 1.20. The summed E-state index contributed by atoms with van der Waals surface area (Å²) in [6.07, 6.45) is 8.19. The molecule has 156 valence electrons. The van der Waals surface area contributed by atoms with Gasteiger partial charge in [0.1, 0.15) is 0 Å². The van der Waals surface area contributed by atoms with Crippen molar-refractivity contribution < 1.29 is 19.1 Å². The van der Waals surface area contributed by atoms with E-state index in [1.54, 1.807) is 31.2 Å². The molecule has 4 bridgehead atoms. The molecule has 0 aromatic heterocycles. The van der Waals surface area contributed by atoms with Crippen molar-refractivity contribution in [3.8, 4) is 0 Å². The summed E-state index contributed by atoms with van der Waals surface area (Å²) in [6.45, 7) is 2.04. The maximum Gasteiger partial charge on any atom is 0.338 e. The van der Waals surface area contributed by atoms with Crippen LogP contribution in [0, 0.1) is 23.2 Å². The first-order valence-corrected chi connectivity index (χ1v) is 10.8. The summed E-state index contributed by atoms with van der Waals surface area (Å²) in [5.74, 6) is 1.77. The van der Waals surface area contributed by atoms with Gasteiger partial charge in [-0.05, 0) is 92.9 Å². The van der Waals surface area contributed by atoms with Crippen molar-refractivity contribution in [1.82, 2.24) is 5.32 Å². The molecule has 0 aliphatic heterocycles. The molecule has 4 aliphatic rings. The predicted molar refractivity (Wildman–Crippen MR) is 109 cm³/mol. The predicted octanol–water partition coefficient (Wildman–Crippen LogP) is 3.52. The number of ether oxygens (including phenoxy) is 1. The second-order valence-corrected chi connectivity index (χ2v) is 9.22. The van der Waals surface area contributed by atoms with E-state index < -0.39 is 0 Å². The number of nitrogens with one attached hydrogen (secondary N) is 2. The molecule has 0 unspecified atom stereocenters. The molecular formula is C23H30N2O4. The smallest absolute Gasteiger partial charge is 0.338 e. The molecule has 6 heteroatoms. The zero-order valence-electron chi connectivity index (χ0n) is 17.0. The molecule has 2 N–H and O–H groups in total. The van der Waals surface area contributed by atoms with Crippen LogP contribution in [-0.4, -0.2) is 30.9 Å². The van der Waals surface area contributed by atoms with Gasteiger partial charge in [0.25, 0.3) is 0 Å². The minimum atomic E-state index is -0.387. The first kappa shape index (κ1) is 19.9. The van der Waals surface area contributed by atoms with E-state index in [1.807, 2.05) is 0 Å². The molecule has 2 amide bonds. The summed E-state index contributed by atoms with van der Waals surface area (Å²) in [7, 11) is 0. The highest BCUT2D eigenvalue weighted by molar-refractivity contribution is 5.95. The van der Waals surface area contributed by atoms with E-state index in [9.17, 15) is 14.4 Å². The maximum absolute atomic E-state index is 12.5. The van der Waals surface area contributed by atoms with Crippen LogP contribution in [0.5, 0.6) is 0 Å². The molecule has 0 heterocycles. The van der Waals surface area contributed by atoms with Crippen molar-refractivity contribution in [2.75, 3.05) is 18.5 Å². The van der Waals surface area contributed by atoms with Crippen molar-refractivity contribution in [3.63, 3.8) is 0 Å². The van der Waals surface area contributed by atoms with Crippen molar-refractivity contribution in [3.05, 3.63) is 29.8 Å². The fourth-order valence-electron chi connectivity index (χ4n) is 6.20. The van der Waals surface area contributed by atoms with E-state index >= 15 is 0 Å². The van der Waals surface area contributed by atoms with Gasteiger partial charge in [-0.2, -0.15) is 0 Å². The average Bonchev–Trinajstić information content (AvgIpc) is 2.66. The van der Waals surface area contributed by atoms with E-state index in [-0.39, 0.29) is 29.7 Å². The average molecular weight is 399 g/mol. The quantitative estimate of drug-likeness (QED) is 0.688. The molecule has 0 radical (unpaired) electrons. The largest absolute Gasteiger partial charge is 0.462 e. The molecule has 4 aliphatic carbocycles. The molecule has 4 saturated carbocycles. The lowest BCUT2D eigenvalue weighted by molar-refractivity contribution is -0.131. The Bertz CT molecular complexity index is 751. The zero-order chi connectivity index (χ0) is 20.4. The van der Waals surface area contributed by atoms with Crippen molar-refractivity contribution in [2.24, 2.45) is 23.2 Å². The van der Waals surface area contributed by atoms with Crippen LogP contribution in [-0.2, 0) is 14.3 Å². The lowest BCUT2D eigenvalue weighted by atomic mass is 9.49. The van der Waals surface area contributed by atoms with Crippen LogP contribution in [0.3, 0.4) is 0 Å². The van der Waals surface area contributed by atoms with Gasteiger partial charge in [-0.15, -0.1) is 0 Å². The van der Waals surface area contributed by atoms with E-state index in [2.05, 4.69) is 10.6 Å². The molecule has 6 nitrogen and oxygen atoms in total. The third-order valence-electron chi connectivity index (χ3n) is 6.83. The van der Waals surface area contributed by atoms with Crippen molar-refractivity contribution in [1.29, 1.82) is 0 Å². The lowest BCUT2D eigenvalue weighted by Crippen LogP contribution is -2.48. The number of rotatable bonds is 7. The van der Waals surface area contributed by atoms with Gasteiger partial charge >= 0.3 is 5.97 Å². The van der Waals surface area contributed by atoms with Crippen molar-refractivity contribution >= 4 is 23.5 Å². The number of anilines is 1. The molecular weight excluding hydrogens is 368 g/mol. The van der Waals surface area contributed by atoms with Gasteiger partial charge in [0.2, 0.25) is 11.8 Å². The highest BCUT2D eigenvalue weighted by Gasteiger charge is 2.51. The molecule has 5 rings (SSSR count). The van der Waals surface area contributed by atoms with Gasteiger partial charge < -0.3 is 15.4 Å². The lowest BCUT2D eigenvalue weighted by Gasteiger charge is -2.56. The topological polar surface area (TPSA) is 84.5 Å². The van der Waals surface area contributed by atoms with E-state index in [4.69, 9.17) is 4.74 Å². The van der Waals surface area contributed by atoms with Gasteiger partial charge in [-0.25, -0.2) is 4.79 Å². The molecule has 29 heavy (non-hydrogen) atoms. The van der Waals surface area contributed by atoms with Crippen LogP contribution in [0.4, 0.5) is 5.69 Å². The minimum Gasteiger partial charge on any atom is -0.462 e. The number of esters is 1. The normalized spacial score (nSPS) is 29.3. The second kappa shape index (κ2) is 8.17. The van der Waals surface area contributed by atoms with Gasteiger partial charge in [0, 0.05) is 12.1 Å². The highest BCUT2D eigenvalue weighted by atomic mass is 16.5. The van der Waals surface area contributed by atoms with Gasteiger partial charge in [-0.1, -0.05) is 0 Å². The van der Waals surface area contributed by atoms with E-state index in [1.165, 1.54) is 38.5 Å². The molecule has 1 aromatic rings. The SMILES string of the molecule is CCOC(=O)c1ccc(NC(=O)CNC(=O)CC23CC4CC(CC(C4)C2)C3)cc1. The Labute approximate surface area is 171 Å². The Morgan fingerprint density at radius 2 is 1.55 bits per heavy atom. The third-order valence-corrected chi connectivity index (χ3v) is 6.83. The number of carbonyl (C=O) groups is 3. The summed E-state index contributed by atoms with van der Waals surface area (Å²) in [4.78, 5) is 36.4. The van der Waals surface area contributed by atoms with E-state index in [0.717, 1.165) is 17.8 Å². The number of hydrogen-bond donors (Lipinski definition) is 2. The van der Waals surface area contributed by atoms with Gasteiger partial charge in [0.05, 0.1) is 18.7 Å². The molecule has 0 saturated heterocycles. The van der Waals surface area contributed by atoms with Crippen LogP contribution in [0.25, 0.3) is 0 Å². The van der Waals surface area contributed by atoms with Gasteiger partial charge in [0.15, 0.2) is 0 Å². The van der Waals surface area contributed by atoms with Crippen molar-refractivity contribution in [2.45, 2.75) is 51.9 Å². The first-order valence-electron chi connectivity index (χ1n) is 10.8. The van der Waals surface area contributed by atoms with Crippen LogP contribution in [0.15, 0.2) is 24.3 Å². The summed E-state index contributed by atoms with van der Waals surface area (Å²) >= 11 is 0. The fourth-order valence-corrected chi connectivity index (χ4v) is 6.20. The summed E-state index contributed by atoms with van der Waals surface area (Å²) in [5, 5.41) is 5.55. The molecule has 0 spiro atoms. The summed E-state index contributed by atoms with van der Waals surface area (Å²) < 4.78 is 4.94. The standard InChI is InChI=1S/C23H30N2O4/c1-2-29-22(28)18-3-5-19(6-4-18)25-21(27)14-24-20(26)13-23-10-15-7-16(11-23)9-17(8-15)12-23/h3-6,15-17H,2,7-14H2,1H3,(H,24,26)(H,25,27). The monoisotopic (exact) mass is 398 g/mol. The number of benzene rings is 1. The Hall–Kier alpha value is -2.37. The minimum absolute atomic E-state index is 0.0141. The molecule has 0 atom stereocenters. The Morgan fingerprint density at radius 3 is 2.10 bits per heavy atom. The first-order chi connectivity index (χ1) is 13.9. The van der Waals surface area contributed by atoms with Crippen LogP contribution in [0.1, 0.15) is 62.2 Å². The fraction of sp³-hybridized carbons (Fsp3) is 0.609. The highest BCUT2D eigenvalue weighted by Crippen LogP contribution is 2.61. The maximum atomic E-state index is 12.5. The Balaban J connectivity index is 1.23. The van der Waals surface area contributed by atoms with Crippen LogP contribution in [0.2, 0.25) is 0 Å².